The maximum atomic E-state index is 5.28. The maximum absolute atomic E-state index is 5.28. The highest BCUT2D eigenvalue weighted by atomic mass is 32.1. The van der Waals surface area contributed by atoms with Gasteiger partial charge in [-0.3, -0.25) is 0 Å². The van der Waals surface area contributed by atoms with Gasteiger partial charge in [0.25, 0.3) is 0 Å². The summed E-state index contributed by atoms with van der Waals surface area (Å²) >= 11 is 5.28. The van der Waals surface area contributed by atoms with Crippen molar-refractivity contribution in [3.8, 4) is 0 Å². The van der Waals surface area contributed by atoms with Gasteiger partial charge in [0.2, 0.25) is 0 Å². The number of thiocarbonyl (C=S) groups is 1. The largest absolute Gasteiger partial charge is 0.360 e. The van der Waals surface area contributed by atoms with Gasteiger partial charge in [0.05, 0.1) is 0 Å². The number of hydrogen-bond acceptors (Lipinski definition) is 2. The molecule has 1 heterocycles. The number of nitrogens with one attached hydrogen (secondary N) is 2. The highest BCUT2D eigenvalue weighted by Gasteiger charge is 2.24. The normalized spacial score (nSPS) is 23.8. The fraction of sp³-hybridized carbons (Fsp3) is 0.875. The summed E-state index contributed by atoms with van der Waals surface area (Å²) in [7, 11) is 0. The maximum Gasteiger partial charge on any atom is 0.169 e. The van der Waals surface area contributed by atoms with Gasteiger partial charge in [0.15, 0.2) is 5.11 Å². The van der Waals surface area contributed by atoms with E-state index in [4.69, 9.17) is 12.2 Å². The quantitative estimate of drug-likeness (QED) is 0.559. The van der Waals surface area contributed by atoms with E-state index in [-0.39, 0.29) is 0 Å². The Bertz CT molecular complexity index is 173. The van der Waals surface area contributed by atoms with Crippen LogP contribution in [0.4, 0.5) is 0 Å². The molecule has 0 aromatic carbocycles. The lowest BCUT2D eigenvalue weighted by molar-refractivity contribution is 0.352. The lowest BCUT2D eigenvalue weighted by atomic mass is 10.4. The molecule has 0 bridgehead atoms. The molecule has 0 unspecified atom stereocenters. The van der Waals surface area contributed by atoms with Crippen molar-refractivity contribution < 1.29 is 0 Å². The van der Waals surface area contributed by atoms with Crippen LogP contribution >= 0.6 is 12.2 Å². The Kier molecular flexibility index (Phi) is 2.46. The lowest BCUT2D eigenvalue weighted by Crippen LogP contribution is -2.50. The zero-order chi connectivity index (χ0) is 8.39. The Morgan fingerprint density at radius 3 is 2.58 bits per heavy atom. The van der Waals surface area contributed by atoms with Gasteiger partial charge in [-0.25, -0.2) is 0 Å². The van der Waals surface area contributed by atoms with Gasteiger partial charge in [-0.1, -0.05) is 0 Å². The minimum atomic E-state index is 0.687. The van der Waals surface area contributed by atoms with Gasteiger partial charge in [0, 0.05) is 32.2 Å². The SMILES string of the molecule is S=C(NC1CC1)N1CCNCC1. The molecule has 0 atom stereocenters. The fourth-order valence-corrected chi connectivity index (χ4v) is 1.71. The summed E-state index contributed by atoms with van der Waals surface area (Å²) in [5, 5.41) is 7.62. The zero-order valence-corrected chi connectivity index (χ0v) is 7.99. The van der Waals surface area contributed by atoms with E-state index in [1.165, 1.54) is 12.8 Å². The molecule has 0 radical (unpaired) electrons. The first-order valence-electron chi connectivity index (χ1n) is 4.62. The van der Waals surface area contributed by atoms with Crippen LogP contribution in [0.1, 0.15) is 12.8 Å². The third-order valence-electron chi connectivity index (χ3n) is 2.31. The molecule has 0 spiro atoms. The molecule has 12 heavy (non-hydrogen) atoms. The summed E-state index contributed by atoms with van der Waals surface area (Å²) < 4.78 is 0. The molecule has 4 heteroatoms. The Hall–Kier alpha value is -0.350. The molecule has 0 aromatic rings. The molecule has 0 aromatic heterocycles. The van der Waals surface area contributed by atoms with Crippen molar-refractivity contribution in [3.05, 3.63) is 0 Å². The molecule has 2 aliphatic rings. The van der Waals surface area contributed by atoms with E-state index in [0.717, 1.165) is 31.3 Å². The molecule has 0 amide bonds. The summed E-state index contributed by atoms with van der Waals surface area (Å²) in [6.07, 6.45) is 2.60. The molecule has 1 aliphatic heterocycles. The predicted octanol–water partition coefficient (Wildman–Crippen LogP) is -0.0715. The van der Waals surface area contributed by atoms with Crippen molar-refractivity contribution in [3.63, 3.8) is 0 Å². The van der Waals surface area contributed by atoms with Crippen LogP contribution in [-0.2, 0) is 0 Å². The summed E-state index contributed by atoms with van der Waals surface area (Å²) in [6.45, 7) is 4.23. The highest BCUT2D eigenvalue weighted by Crippen LogP contribution is 2.18. The molecule has 2 fully saturated rings. The Morgan fingerprint density at radius 2 is 2.00 bits per heavy atom. The second-order valence-electron chi connectivity index (χ2n) is 3.46. The zero-order valence-electron chi connectivity index (χ0n) is 7.18. The van der Waals surface area contributed by atoms with Crippen LogP contribution in [0, 0.1) is 0 Å². The molecule has 1 aliphatic carbocycles. The van der Waals surface area contributed by atoms with Gasteiger partial charge in [-0.15, -0.1) is 0 Å². The van der Waals surface area contributed by atoms with Gasteiger partial charge < -0.3 is 15.5 Å². The van der Waals surface area contributed by atoms with E-state index in [1.54, 1.807) is 0 Å². The molecule has 1 saturated heterocycles. The van der Waals surface area contributed by atoms with Crippen molar-refractivity contribution >= 4 is 17.3 Å². The van der Waals surface area contributed by atoms with Crippen LogP contribution in [0.5, 0.6) is 0 Å². The minimum Gasteiger partial charge on any atom is -0.360 e. The van der Waals surface area contributed by atoms with Gasteiger partial charge in [-0.05, 0) is 25.1 Å². The molecule has 2 rings (SSSR count). The van der Waals surface area contributed by atoms with Gasteiger partial charge in [-0.2, -0.15) is 0 Å². The second-order valence-corrected chi connectivity index (χ2v) is 3.85. The van der Waals surface area contributed by atoms with Crippen LogP contribution in [0.3, 0.4) is 0 Å². The number of rotatable bonds is 1. The summed E-state index contributed by atoms with van der Waals surface area (Å²) in [5.41, 5.74) is 0. The first-order valence-corrected chi connectivity index (χ1v) is 5.03. The first-order chi connectivity index (χ1) is 5.86. The third-order valence-corrected chi connectivity index (χ3v) is 2.69. The Labute approximate surface area is 78.5 Å². The first kappa shape index (κ1) is 8.26. The summed E-state index contributed by atoms with van der Waals surface area (Å²) in [6, 6.07) is 0.687. The number of piperazine rings is 1. The molecular formula is C8H15N3S. The molecule has 3 nitrogen and oxygen atoms in total. The summed E-state index contributed by atoms with van der Waals surface area (Å²) in [4.78, 5) is 2.25. The minimum absolute atomic E-state index is 0.687. The Morgan fingerprint density at radius 1 is 1.33 bits per heavy atom. The van der Waals surface area contributed by atoms with Crippen molar-refractivity contribution in [2.75, 3.05) is 26.2 Å². The van der Waals surface area contributed by atoms with Crippen molar-refractivity contribution in [2.45, 2.75) is 18.9 Å². The van der Waals surface area contributed by atoms with E-state index in [1.807, 2.05) is 0 Å². The second kappa shape index (κ2) is 3.58. The van der Waals surface area contributed by atoms with Crippen LogP contribution in [0.25, 0.3) is 0 Å². The van der Waals surface area contributed by atoms with E-state index in [2.05, 4.69) is 15.5 Å². The lowest BCUT2D eigenvalue weighted by Gasteiger charge is -2.29. The predicted molar refractivity (Wildman–Crippen MR) is 53.2 cm³/mol. The van der Waals surface area contributed by atoms with E-state index in [0.29, 0.717) is 6.04 Å². The average Bonchev–Trinajstić information content (AvgIpc) is 2.90. The molecule has 1 saturated carbocycles. The Balaban J connectivity index is 1.76. The standard InChI is InChI=1S/C8H15N3S/c12-8(10-7-1-2-7)11-5-3-9-4-6-11/h7,9H,1-6H2,(H,10,12). The van der Waals surface area contributed by atoms with Crippen LogP contribution in [-0.4, -0.2) is 42.2 Å². The topological polar surface area (TPSA) is 27.3 Å². The van der Waals surface area contributed by atoms with Crippen molar-refractivity contribution in [1.82, 2.24) is 15.5 Å². The van der Waals surface area contributed by atoms with E-state index in [9.17, 15) is 0 Å². The van der Waals surface area contributed by atoms with Crippen LogP contribution in [0.2, 0.25) is 0 Å². The average molecular weight is 185 g/mol. The van der Waals surface area contributed by atoms with E-state index >= 15 is 0 Å². The highest BCUT2D eigenvalue weighted by molar-refractivity contribution is 7.80. The molecular weight excluding hydrogens is 170 g/mol. The molecule has 2 N–H and O–H groups in total. The van der Waals surface area contributed by atoms with Crippen molar-refractivity contribution in [2.24, 2.45) is 0 Å². The monoisotopic (exact) mass is 185 g/mol. The van der Waals surface area contributed by atoms with Gasteiger partial charge in [0.1, 0.15) is 0 Å². The smallest absolute Gasteiger partial charge is 0.169 e. The fourth-order valence-electron chi connectivity index (χ4n) is 1.36. The van der Waals surface area contributed by atoms with Gasteiger partial charge >= 0.3 is 0 Å². The number of hydrogen-bond donors (Lipinski definition) is 2. The van der Waals surface area contributed by atoms with Crippen molar-refractivity contribution in [1.29, 1.82) is 0 Å². The molecule has 68 valence electrons. The summed E-state index contributed by atoms with van der Waals surface area (Å²) in [5.74, 6) is 0. The van der Waals surface area contributed by atoms with Crippen LogP contribution in [0.15, 0.2) is 0 Å². The van der Waals surface area contributed by atoms with Crippen LogP contribution < -0.4 is 10.6 Å². The third kappa shape index (κ3) is 2.08. The number of nitrogens with zero attached hydrogens (tertiary/aromatic N) is 1. The van der Waals surface area contributed by atoms with E-state index < -0.39 is 0 Å².